The Labute approximate surface area is 248 Å². The van der Waals surface area contributed by atoms with E-state index in [-0.39, 0.29) is 17.6 Å². The number of fused-ring (bicyclic) bond motifs is 2. The largest absolute Gasteiger partial charge is 0.492 e. The van der Waals surface area contributed by atoms with Crippen LogP contribution in [0.15, 0.2) is 79.1 Å². The molecule has 3 heterocycles. The van der Waals surface area contributed by atoms with Crippen molar-refractivity contribution < 1.29 is 13.9 Å². The highest BCUT2D eigenvalue weighted by atomic mass is 19.1. The van der Waals surface area contributed by atoms with Gasteiger partial charge in [0.2, 0.25) is 5.91 Å². The molecule has 0 aliphatic rings. The average Bonchev–Trinajstić information content (AvgIpc) is 3.60. The number of rotatable bonds is 9. The highest BCUT2D eigenvalue weighted by molar-refractivity contribution is 6.02. The smallest absolute Gasteiger partial charge is 0.226 e. The zero-order valence-electron chi connectivity index (χ0n) is 24.5. The van der Waals surface area contributed by atoms with Crippen LogP contribution in [-0.2, 0) is 4.79 Å². The van der Waals surface area contributed by atoms with Crippen molar-refractivity contribution in [1.29, 1.82) is 0 Å². The molecule has 0 fully saturated rings. The standard InChI is InChI=1S/C34H33FN6O2/c1-20(2)34(42)37-25-13-23(18-36-19-25)21-8-9-31-29(15-21)33(40-39-31)32-17-28-27(6-5-7-30(28)38-32)22-12-24(35)16-26(14-22)43-11-10-41(3)4/h5-9,12-20,38H,10-11H2,1-4H3,(H,37,42)(H,39,40). The Morgan fingerprint density at radius 2 is 1.81 bits per heavy atom. The number of ether oxygens (including phenoxy) is 1. The number of anilines is 1. The summed E-state index contributed by atoms with van der Waals surface area (Å²) in [6, 6.07) is 20.8. The number of amides is 1. The number of carbonyl (C=O) groups is 1. The lowest BCUT2D eigenvalue weighted by Gasteiger charge is -2.12. The third-order valence-corrected chi connectivity index (χ3v) is 7.34. The van der Waals surface area contributed by atoms with Crippen LogP contribution in [-0.4, -0.2) is 58.2 Å². The number of benzene rings is 3. The number of halogens is 1. The van der Waals surface area contributed by atoms with E-state index in [2.05, 4.69) is 31.5 Å². The zero-order chi connectivity index (χ0) is 30.1. The number of carbonyl (C=O) groups excluding carboxylic acids is 1. The molecule has 6 rings (SSSR count). The van der Waals surface area contributed by atoms with Crippen LogP contribution >= 0.6 is 0 Å². The van der Waals surface area contributed by atoms with E-state index >= 15 is 0 Å². The van der Waals surface area contributed by atoms with Crippen LogP contribution in [0.1, 0.15) is 13.8 Å². The van der Waals surface area contributed by atoms with Crippen molar-refractivity contribution >= 4 is 33.4 Å². The molecule has 3 N–H and O–H groups in total. The minimum atomic E-state index is -0.349. The number of hydrogen-bond donors (Lipinski definition) is 3. The van der Waals surface area contributed by atoms with Gasteiger partial charge in [-0.1, -0.05) is 32.0 Å². The summed E-state index contributed by atoms with van der Waals surface area (Å²) in [6.07, 6.45) is 3.42. The topological polar surface area (TPSA) is 98.9 Å². The van der Waals surface area contributed by atoms with E-state index in [9.17, 15) is 9.18 Å². The number of hydrogen-bond acceptors (Lipinski definition) is 5. The number of aromatic amines is 2. The van der Waals surface area contributed by atoms with E-state index in [0.29, 0.717) is 18.0 Å². The fourth-order valence-electron chi connectivity index (χ4n) is 5.03. The summed E-state index contributed by atoms with van der Waals surface area (Å²) < 4.78 is 20.5. The molecule has 218 valence electrons. The molecule has 0 bridgehead atoms. The van der Waals surface area contributed by atoms with Crippen LogP contribution in [0.25, 0.3) is 55.4 Å². The molecule has 0 radical (unpaired) electrons. The van der Waals surface area contributed by atoms with Crippen LogP contribution in [0.2, 0.25) is 0 Å². The molecule has 0 spiro atoms. The number of H-pyrrole nitrogens is 2. The lowest BCUT2D eigenvalue weighted by atomic mass is 10.0. The molecule has 1 amide bonds. The lowest BCUT2D eigenvalue weighted by molar-refractivity contribution is -0.118. The molecule has 3 aromatic carbocycles. The van der Waals surface area contributed by atoms with Gasteiger partial charge in [-0.15, -0.1) is 0 Å². The second kappa shape index (κ2) is 11.7. The van der Waals surface area contributed by atoms with Gasteiger partial charge in [-0.2, -0.15) is 5.10 Å². The van der Waals surface area contributed by atoms with Gasteiger partial charge in [-0.3, -0.25) is 14.9 Å². The molecule has 0 aliphatic heterocycles. The monoisotopic (exact) mass is 576 g/mol. The second-order valence-electron chi connectivity index (χ2n) is 11.2. The van der Waals surface area contributed by atoms with Gasteiger partial charge >= 0.3 is 0 Å². The molecule has 8 nitrogen and oxygen atoms in total. The summed E-state index contributed by atoms with van der Waals surface area (Å²) in [5, 5.41) is 12.6. The van der Waals surface area contributed by atoms with Crippen molar-refractivity contribution in [1.82, 2.24) is 25.1 Å². The molecule has 0 aliphatic carbocycles. The van der Waals surface area contributed by atoms with Gasteiger partial charge in [0.1, 0.15) is 23.9 Å². The number of nitrogens with zero attached hydrogens (tertiary/aromatic N) is 3. The van der Waals surface area contributed by atoms with Crippen LogP contribution in [0.3, 0.4) is 0 Å². The third-order valence-electron chi connectivity index (χ3n) is 7.34. The molecule has 0 saturated carbocycles. The maximum Gasteiger partial charge on any atom is 0.226 e. The van der Waals surface area contributed by atoms with Gasteiger partial charge in [0.25, 0.3) is 0 Å². The van der Waals surface area contributed by atoms with Crippen molar-refractivity contribution in [2.45, 2.75) is 13.8 Å². The first-order chi connectivity index (χ1) is 20.7. The Kier molecular flexibility index (Phi) is 7.65. The Balaban J connectivity index is 1.36. The van der Waals surface area contributed by atoms with Crippen LogP contribution < -0.4 is 10.1 Å². The summed E-state index contributed by atoms with van der Waals surface area (Å²) in [4.78, 5) is 22.1. The fourth-order valence-corrected chi connectivity index (χ4v) is 5.03. The lowest BCUT2D eigenvalue weighted by Crippen LogP contribution is -2.19. The summed E-state index contributed by atoms with van der Waals surface area (Å²) >= 11 is 0. The van der Waals surface area contributed by atoms with Crippen molar-refractivity contribution in [2.75, 3.05) is 32.6 Å². The first-order valence-electron chi connectivity index (χ1n) is 14.2. The maximum atomic E-state index is 14.7. The van der Waals surface area contributed by atoms with Crippen molar-refractivity contribution in [3.63, 3.8) is 0 Å². The summed E-state index contributed by atoms with van der Waals surface area (Å²) in [7, 11) is 3.94. The summed E-state index contributed by atoms with van der Waals surface area (Å²) in [5.74, 6) is -0.0400. The number of likely N-dealkylation sites (N-methyl/N-ethyl adjacent to an activating group) is 1. The molecule has 9 heteroatoms. The predicted molar refractivity (Wildman–Crippen MR) is 170 cm³/mol. The maximum absolute atomic E-state index is 14.7. The minimum absolute atomic E-state index is 0.0592. The van der Waals surface area contributed by atoms with E-state index < -0.39 is 0 Å². The highest BCUT2D eigenvalue weighted by Crippen LogP contribution is 2.36. The average molecular weight is 577 g/mol. The highest BCUT2D eigenvalue weighted by Gasteiger charge is 2.16. The van der Waals surface area contributed by atoms with Gasteiger partial charge < -0.3 is 19.9 Å². The predicted octanol–water partition coefficient (Wildman–Crippen LogP) is 7.11. The van der Waals surface area contributed by atoms with Gasteiger partial charge in [0.05, 0.1) is 23.1 Å². The minimum Gasteiger partial charge on any atom is -0.492 e. The zero-order valence-corrected chi connectivity index (χ0v) is 24.5. The molecular formula is C34H33FN6O2. The van der Waals surface area contributed by atoms with Gasteiger partial charge in [-0.25, -0.2) is 4.39 Å². The molecule has 3 aromatic heterocycles. The molecule has 0 unspecified atom stereocenters. The van der Waals surface area contributed by atoms with Crippen molar-refractivity contribution in [3.05, 3.63) is 84.9 Å². The van der Waals surface area contributed by atoms with Crippen molar-refractivity contribution in [3.8, 4) is 39.4 Å². The van der Waals surface area contributed by atoms with Gasteiger partial charge in [-0.05, 0) is 73.3 Å². The number of aromatic nitrogens is 4. The van der Waals surface area contributed by atoms with E-state index in [1.807, 2.05) is 81.4 Å². The van der Waals surface area contributed by atoms with Crippen LogP contribution in [0.4, 0.5) is 10.1 Å². The van der Waals surface area contributed by atoms with E-state index in [1.54, 1.807) is 12.4 Å². The molecule has 6 aromatic rings. The third kappa shape index (κ3) is 5.98. The Bertz CT molecular complexity index is 1940. The van der Waals surface area contributed by atoms with E-state index in [1.165, 1.54) is 12.1 Å². The molecule has 43 heavy (non-hydrogen) atoms. The first-order valence-corrected chi connectivity index (χ1v) is 14.2. The van der Waals surface area contributed by atoms with E-state index in [0.717, 1.165) is 62.0 Å². The quantitative estimate of drug-likeness (QED) is 0.170. The summed E-state index contributed by atoms with van der Waals surface area (Å²) in [5.41, 5.74) is 7.51. The van der Waals surface area contributed by atoms with Gasteiger partial charge in [0, 0.05) is 46.6 Å². The van der Waals surface area contributed by atoms with Crippen LogP contribution in [0.5, 0.6) is 5.75 Å². The Morgan fingerprint density at radius 3 is 2.63 bits per heavy atom. The van der Waals surface area contributed by atoms with Crippen molar-refractivity contribution in [2.24, 2.45) is 5.92 Å². The molecular weight excluding hydrogens is 543 g/mol. The Hall–Kier alpha value is -5.02. The summed E-state index contributed by atoms with van der Waals surface area (Å²) in [6.45, 7) is 4.91. The van der Waals surface area contributed by atoms with E-state index in [4.69, 9.17) is 4.74 Å². The first kappa shape index (κ1) is 28.1. The number of pyridine rings is 1. The number of nitrogens with one attached hydrogen (secondary N) is 3. The van der Waals surface area contributed by atoms with Crippen LogP contribution in [0, 0.1) is 11.7 Å². The normalized spacial score (nSPS) is 11.6. The molecule has 0 atom stereocenters. The SMILES string of the molecule is CC(C)C(=O)Nc1cncc(-c2ccc3[nH]nc(-c4cc5c(-c6cc(F)cc(OCCN(C)C)c6)cccc5[nH]4)c3c2)c1. The fraction of sp³-hybridized carbons (Fsp3) is 0.206. The second-order valence-corrected chi connectivity index (χ2v) is 11.2. The molecule has 0 saturated heterocycles. The Morgan fingerprint density at radius 1 is 0.953 bits per heavy atom. The van der Waals surface area contributed by atoms with Gasteiger partial charge in [0.15, 0.2) is 0 Å².